The van der Waals surface area contributed by atoms with Gasteiger partial charge in [0.2, 0.25) is 0 Å². The van der Waals surface area contributed by atoms with Gasteiger partial charge in [0, 0.05) is 17.6 Å². The fraction of sp³-hybridized carbons (Fsp3) is 0.214. The quantitative estimate of drug-likeness (QED) is 0.555. The molecule has 1 aliphatic carbocycles. The summed E-state index contributed by atoms with van der Waals surface area (Å²) >= 11 is 0. The number of anilines is 1. The Morgan fingerprint density at radius 1 is 1.53 bits per heavy atom. The minimum absolute atomic E-state index is 0.0233. The van der Waals surface area contributed by atoms with Crippen molar-refractivity contribution in [2.24, 2.45) is 5.92 Å². The molecule has 0 amide bonds. The number of carboxylic acid groups (broad SMARTS) is 1. The lowest BCUT2D eigenvalue weighted by molar-refractivity contribution is -0.132. The molecule has 0 unspecified atom stereocenters. The van der Waals surface area contributed by atoms with Crippen molar-refractivity contribution < 1.29 is 9.90 Å². The number of aliphatic carboxylic acids is 1. The molecule has 19 heavy (non-hydrogen) atoms. The molecule has 0 aliphatic heterocycles. The van der Waals surface area contributed by atoms with E-state index >= 15 is 0 Å². The summed E-state index contributed by atoms with van der Waals surface area (Å²) in [6.07, 6.45) is 2.70. The molecule has 0 atom stereocenters. The van der Waals surface area contributed by atoms with Crippen LogP contribution in [0.2, 0.25) is 0 Å². The largest absolute Gasteiger partial charge is 0.478 e. The molecular formula is C14H13N3O2. The minimum Gasteiger partial charge on any atom is -0.478 e. The Balaban J connectivity index is 2.34. The first kappa shape index (κ1) is 12.8. The highest BCUT2D eigenvalue weighted by Crippen LogP contribution is 2.38. The molecule has 1 aromatic rings. The Bertz CT molecular complexity index is 595. The molecule has 1 aromatic carbocycles. The second-order valence-electron chi connectivity index (χ2n) is 4.37. The summed E-state index contributed by atoms with van der Waals surface area (Å²) < 4.78 is 0. The van der Waals surface area contributed by atoms with Crippen LogP contribution in [0.15, 0.2) is 35.5 Å². The zero-order valence-electron chi connectivity index (χ0n) is 10.2. The molecule has 2 rings (SSSR count). The first-order valence-electron chi connectivity index (χ1n) is 5.91. The lowest BCUT2D eigenvalue weighted by atomic mass is 10.1. The molecular weight excluding hydrogens is 242 g/mol. The van der Waals surface area contributed by atoms with Gasteiger partial charge >= 0.3 is 5.97 Å². The number of rotatable bonds is 5. The van der Waals surface area contributed by atoms with Crippen LogP contribution in [0.3, 0.4) is 0 Å². The molecule has 0 heterocycles. The first-order valence-corrected chi connectivity index (χ1v) is 5.91. The zero-order valence-corrected chi connectivity index (χ0v) is 10.2. The summed E-state index contributed by atoms with van der Waals surface area (Å²) in [7, 11) is 0. The lowest BCUT2D eigenvalue weighted by Gasteiger charge is -2.12. The number of nitrogens with one attached hydrogen (secondary N) is 2. The smallest absolute Gasteiger partial charge is 0.339 e. The normalized spacial score (nSPS) is 15.1. The number of nitrogens with zero attached hydrogens (tertiary/aromatic N) is 1. The second kappa shape index (κ2) is 5.36. The fourth-order valence-corrected chi connectivity index (χ4v) is 1.84. The zero-order chi connectivity index (χ0) is 13.8. The van der Waals surface area contributed by atoms with Gasteiger partial charge in [-0.25, -0.2) is 4.79 Å². The third-order valence-corrected chi connectivity index (χ3v) is 2.92. The summed E-state index contributed by atoms with van der Waals surface area (Å²) in [5, 5.41) is 28.2. The third kappa shape index (κ3) is 2.99. The van der Waals surface area contributed by atoms with Gasteiger partial charge in [-0.1, -0.05) is 6.07 Å². The topological polar surface area (TPSA) is 97.0 Å². The van der Waals surface area contributed by atoms with Gasteiger partial charge < -0.3 is 15.8 Å². The molecule has 5 nitrogen and oxygen atoms in total. The molecule has 0 bridgehead atoms. The molecule has 3 N–H and O–H groups in total. The Labute approximate surface area is 110 Å². The molecule has 1 fully saturated rings. The van der Waals surface area contributed by atoms with Gasteiger partial charge in [-0.15, -0.1) is 0 Å². The third-order valence-electron chi connectivity index (χ3n) is 2.92. The lowest BCUT2D eigenvalue weighted by Crippen LogP contribution is -2.13. The highest BCUT2D eigenvalue weighted by atomic mass is 16.4. The number of allylic oxidation sites excluding steroid dienone is 1. The van der Waals surface area contributed by atoms with Crippen LogP contribution in [-0.4, -0.2) is 17.3 Å². The van der Waals surface area contributed by atoms with Crippen molar-refractivity contribution >= 4 is 17.9 Å². The fourth-order valence-electron chi connectivity index (χ4n) is 1.84. The average Bonchev–Trinajstić information content (AvgIpc) is 3.22. The van der Waals surface area contributed by atoms with E-state index in [0.717, 1.165) is 19.1 Å². The number of hydrogen-bond acceptors (Lipinski definition) is 4. The molecule has 96 valence electrons. The van der Waals surface area contributed by atoms with Crippen LogP contribution in [0.25, 0.3) is 0 Å². The van der Waals surface area contributed by atoms with Gasteiger partial charge in [0.05, 0.1) is 17.2 Å². The number of carbonyl (C=O) groups is 1. The number of carboxylic acids is 1. The highest BCUT2D eigenvalue weighted by Gasteiger charge is 2.30. The maximum absolute atomic E-state index is 11.1. The van der Waals surface area contributed by atoms with Crippen LogP contribution >= 0.6 is 0 Å². The summed E-state index contributed by atoms with van der Waals surface area (Å²) in [6, 6.07) is 8.88. The van der Waals surface area contributed by atoms with Gasteiger partial charge in [0.15, 0.2) is 0 Å². The summed E-state index contributed by atoms with van der Waals surface area (Å²) in [5.41, 5.74) is 1.70. The first-order chi connectivity index (χ1) is 9.15. The van der Waals surface area contributed by atoms with Gasteiger partial charge in [0.25, 0.3) is 0 Å². The number of hydrogen-bond donors (Lipinski definition) is 3. The minimum atomic E-state index is -1.11. The molecule has 1 saturated carbocycles. The van der Waals surface area contributed by atoms with Crippen LogP contribution in [0, 0.1) is 22.7 Å². The molecule has 1 aliphatic rings. The maximum atomic E-state index is 11.1. The SMILES string of the molecule is N#Cc1cccc(N/C(=C(\C=N)C(=O)O)C2CC2)c1. The summed E-state index contributed by atoms with van der Waals surface area (Å²) in [6.45, 7) is 0. The molecule has 5 heteroatoms. The Morgan fingerprint density at radius 2 is 2.26 bits per heavy atom. The van der Waals surface area contributed by atoms with Crippen LogP contribution in [0.5, 0.6) is 0 Å². The standard InChI is InChI=1S/C14H13N3O2/c15-7-9-2-1-3-11(6-9)17-13(10-4-5-10)12(8-16)14(18)19/h1-3,6,8,10,16-17H,4-5H2,(H,18,19)/b13-12+,16-8?. The molecule has 0 saturated heterocycles. The van der Waals surface area contributed by atoms with E-state index in [1.807, 2.05) is 6.07 Å². The molecule has 0 spiro atoms. The second-order valence-corrected chi connectivity index (χ2v) is 4.37. The van der Waals surface area contributed by atoms with E-state index in [0.29, 0.717) is 16.9 Å². The van der Waals surface area contributed by atoms with E-state index in [1.165, 1.54) is 0 Å². The van der Waals surface area contributed by atoms with Crippen molar-refractivity contribution in [2.75, 3.05) is 5.32 Å². The van der Waals surface area contributed by atoms with Crippen molar-refractivity contribution in [1.29, 1.82) is 10.7 Å². The number of benzene rings is 1. The monoisotopic (exact) mass is 255 g/mol. The van der Waals surface area contributed by atoms with E-state index in [-0.39, 0.29) is 11.5 Å². The van der Waals surface area contributed by atoms with Gasteiger partial charge in [-0.3, -0.25) is 0 Å². The van der Waals surface area contributed by atoms with Crippen LogP contribution in [0.1, 0.15) is 18.4 Å². The highest BCUT2D eigenvalue weighted by molar-refractivity contribution is 6.08. The summed E-state index contributed by atoms with van der Waals surface area (Å²) in [4.78, 5) is 11.1. The van der Waals surface area contributed by atoms with E-state index in [1.54, 1.807) is 24.3 Å². The van der Waals surface area contributed by atoms with Crippen LogP contribution < -0.4 is 5.32 Å². The van der Waals surface area contributed by atoms with Crippen molar-refractivity contribution in [3.63, 3.8) is 0 Å². The van der Waals surface area contributed by atoms with Crippen molar-refractivity contribution in [2.45, 2.75) is 12.8 Å². The summed E-state index contributed by atoms with van der Waals surface area (Å²) in [5.74, 6) is -0.945. The van der Waals surface area contributed by atoms with Crippen molar-refractivity contribution in [1.82, 2.24) is 0 Å². The van der Waals surface area contributed by atoms with Crippen molar-refractivity contribution in [3.05, 3.63) is 41.1 Å². The van der Waals surface area contributed by atoms with Gasteiger partial charge in [-0.2, -0.15) is 5.26 Å². The van der Waals surface area contributed by atoms with Crippen LogP contribution in [-0.2, 0) is 4.79 Å². The molecule has 0 aromatic heterocycles. The number of nitriles is 1. The van der Waals surface area contributed by atoms with Gasteiger partial charge in [0.1, 0.15) is 0 Å². The van der Waals surface area contributed by atoms with E-state index in [9.17, 15) is 4.79 Å². The van der Waals surface area contributed by atoms with E-state index < -0.39 is 5.97 Å². The Kier molecular flexibility index (Phi) is 3.62. The molecule has 0 radical (unpaired) electrons. The predicted octanol–water partition coefficient (Wildman–Crippen LogP) is 2.37. The van der Waals surface area contributed by atoms with Crippen LogP contribution in [0.4, 0.5) is 5.69 Å². The maximum Gasteiger partial charge on any atom is 0.339 e. The van der Waals surface area contributed by atoms with E-state index in [2.05, 4.69) is 5.32 Å². The van der Waals surface area contributed by atoms with Gasteiger partial charge in [-0.05, 0) is 37.0 Å². The van der Waals surface area contributed by atoms with E-state index in [4.69, 9.17) is 15.8 Å². The van der Waals surface area contributed by atoms with Crippen molar-refractivity contribution in [3.8, 4) is 6.07 Å². The predicted molar refractivity (Wildman–Crippen MR) is 70.9 cm³/mol. The Hall–Kier alpha value is -2.61. The Morgan fingerprint density at radius 3 is 2.79 bits per heavy atom. The average molecular weight is 255 g/mol.